The monoisotopic (exact) mass is 537 g/mol. The molecule has 0 saturated carbocycles. The van der Waals surface area contributed by atoms with Crippen LogP contribution >= 0.6 is 0 Å². The zero-order valence-corrected chi connectivity index (χ0v) is 22.0. The molecule has 1 aliphatic rings. The summed E-state index contributed by atoms with van der Waals surface area (Å²) < 4.78 is 0. The number of para-hydroxylation sites is 1. The molecule has 7 N–H and O–H groups in total. The number of carbonyl (C=O) groups is 4. The molecule has 208 valence electrons. The van der Waals surface area contributed by atoms with Crippen molar-refractivity contribution in [3.05, 3.63) is 54.2 Å². The van der Waals surface area contributed by atoms with Crippen molar-refractivity contribution in [1.29, 1.82) is 0 Å². The van der Waals surface area contributed by atoms with E-state index in [9.17, 15) is 24.3 Å². The van der Waals surface area contributed by atoms with Crippen LogP contribution in [0.25, 0.3) is 10.9 Å². The van der Waals surface area contributed by atoms with Crippen LogP contribution in [0.15, 0.2) is 43.0 Å². The van der Waals surface area contributed by atoms with E-state index in [-0.39, 0.29) is 18.8 Å². The first kappa shape index (κ1) is 27.8. The molecule has 39 heavy (non-hydrogen) atoms. The Balaban J connectivity index is 1.54. The number of nitrogens with two attached hydrogens (primary N) is 1. The van der Waals surface area contributed by atoms with Crippen LogP contribution in [0.3, 0.4) is 0 Å². The first-order valence-corrected chi connectivity index (χ1v) is 13.1. The molecule has 0 radical (unpaired) electrons. The normalized spacial score (nSPS) is 17.6. The highest BCUT2D eigenvalue weighted by Crippen LogP contribution is 2.23. The van der Waals surface area contributed by atoms with Crippen molar-refractivity contribution in [2.75, 3.05) is 6.54 Å². The Bertz CT molecular complexity index is 1320. The predicted molar refractivity (Wildman–Crippen MR) is 143 cm³/mol. The third kappa shape index (κ3) is 6.45. The van der Waals surface area contributed by atoms with Crippen LogP contribution in [-0.2, 0) is 32.0 Å². The van der Waals surface area contributed by atoms with E-state index in [0.29, 0.717) is 25.1 Å². The van der Waals surface area contributed by atoms with Crippen LogP contribution in [0.1, 0.15) is 37.9 Å². The van der Waals surface area contributed by atoms with Gasteiger partial charge in [0.15, 0.2) is 0 Å². The zero-order valence-electron chi connectivity index (χ0n) is 22.0. The number of benzene rings is 1. The maximum absolute atomic E-state index is 13.9. The SMILES string of the molecule is CC(C)C(N)C(=O)NC(Cc1c[nH]c2ccccc12)C(=O)N1CCCC1C(=O)NC(Cc1cnc[nH]1)C(=O)O. The number of aliphatic carboxylic acids is 1. The molecule has 4 atom stereocenters. The molecule has 1 aromatic carbocycles. The second-order valence-corrected chi connectivity index (χ2v) is 10.3. The van der Waals surface area contributed by atoms with E-state index in [1.165, 1.54) is 17.4 Å². The molecule has 12 heteroatoms. The Morgan fingerprint density at radius 2 is 1.90 bits per heavy atom. The van der Waals surface area contributed by atoms with E-state index in [2.05, 4.69) is 25.6 Å². The minimum atomic E-state index is -1.19. The standard InChI is InChI=1S/C27H35N7O5/c1-15(2)23(28)25(36)32-20(10-16-12-30-19-7-4-3-6-18(16)19)26(37)34-9-5-8-22(34)24(35)33-21(27(38)39)11-17-13-29-14-31-17/h3-4,6-7,12-15,20-23,30H,5,8-11,28H2,1-2H3,(H,29,31)(H,32,36)(H,33,35)(H,38,39). The summed E-state index contributed by atoms with van der Waals surface area (Å²) in [6, 6.07) is 3.83. The van der Waals surface area contributed by atoms with Crippen LogP contribution in [0, 0.1) is 5.92 Å². The molecule has 2 aromatic heterocycles. The van der Waals surface area contributed by atoms with Crippen LogP contribution in [0.4, 0.5) is 0 Å². The second kappa shape index (κ2) is 12.1. The molecule has 1 fully saturated rings. The maximum atomic E-state index is 13.9. The molecule has 3 aromatic rings. The fourth-order valence-corrected chi connectivity index (χ4v) is 4.88. The fraction of sp³-hybridized carbons (Fsp3) is 0.444. The molecule has 3 heterocycles. The molecule has 4 rings (SSSR count). The van der Waals surface area contributed by atoms with Gasteiger partial charge in [0, 0.05) is 48.4 Å². The van der Waals surface area contributed by atoms with E-state index in [4.69, 9.17) is 5.73 Å². The van der Waals surface area contributed by atoms with Gasteiger partial charge in [-0.1, -0.05) is 32.0 Å². The van der Waals surface area contributed by atoms with Crippen molar-refractivity contribution in [2.24, 2.45) is 11.7 Å². The highest BCUT2D eigenvalue weighted by Gasteiger charge is 2.39. The van der Waals surface area contributed by atoms with Crippen molar-refractivity contribution >= 4 is 34.6 Å². The minimum absolute atomic E-state index is 0.0219. The zero-order chi connectivity index (χ0) is 28.1. The van der Waals surface area contributed by atoms with Crippen molar-refractivity contribution < 1.29 is 24.3 Å². The average Bonchev–Trinajstić information content (AvgIpc) is 3.68. The number of imidazole rings is 1. The lowest BCUT2D eigenvalue weighted by molar-refractivity contribution is -0.145. The van der Waals surface area contributed by atoms with Gasteiger partial charge in [-0.2, -0.15) is 0 Å². The Labute approximate surface area is 225 Å². The largest absolute Gasteiger partial charge is 0.480 e. The van der Waals surface area contributed by atoms with E-state index in [1.807, 2.05) is 38.1 Å². The van der Waals surface area contributed by atoms with Gasteiger partial charge in [0.05, 0.1) is 12.4 Å². The van der Waals surface area contributed by atoms with Gasteiger partial charge in [-0.15, -0.1) is 0 Å². The topological polar surface area (TPSA) is 186 Å². The first-order valence-electron chi connectivity index (χ1n) is 13.1. The lowest BCUT2D eigenvalue weighted by Gasteiger charge is -2.30. The minimum Gasteiger partial charge on any atom is -0.480 e. The number of aromatic amines is 2. The average molecular weight is 538 g/mol. The molecule has 4 unspecified atom stereocenters. The molecule has 12 nitrogen and oxygen atoms in total. The second-order valence-electron chi connectivity index (χ2n) is 10.3. The third-order valence-electron chi connectivity index (χ3n) is 7.17. The number of carboxylic acids is 1. The number of carbonyl (C=O) groups excluding carboxylic acids is 3. The van der Waals surface area contributed by atoms with Crippen LogP contribution < -0.4 is 16.4 Å². The van der Waals surface area contributed by atoms with E-state index in [1.54, 1.807) is 6.20 Å². The lowest BCUT2D eigenvalue weighted by Crippen LogP contribution is -2.58. The first-order chi connectivity index (χ1) is 18.7. The number of aromatic nitrogens is 3. The number of hydrogen-bond donors (Lipinski definition) is 6. The number of H-pyrrole nitrogens is 2. The van der Waals surface area contributed by atoms with Crippen molar-refractivity contribution in [2.45, 2.75) is 63.7 Å². The third-order valence-corrected chi connectivity index (χ3v) is 7.17. The summed E-state index contributed by atoms with van der Waals surface area (Å²) in [6.45, 7) is 3.96. The van der Waals surface area contributed by atoms with Gasteiger partial charge >= 0.3 is 5.97 Å². The summed E-state index contributed by atoms with van der Waals surface area (Å²) in [5.74, 6) is -2.75. The Hall–Kier alpha value is -4.19. The number of nitrogens with zero attached hydrogens (tertiary/aromatic N) is 2. The molecule has 3 amide bonds. The Morgan fingerprint density at radius 3 is 2.59 bits per heavy atom. The number of rotatable bonds is 11. The fourth-order valence-electron chi connectivity index (χ4n) is 4.88. The van der Waals surface area contributed by atoms with Crippen LogP contribution in [0.2, 0.25) is 0 Å². The smallest absolute Gasteiger partial charge is 0.326 e. The summed E-state index contributed by atoms with van der Waals surface area (Å²) in [7, 11) is 0. The van der Waals surface area contributed by atoms with Gasteiger partial charge in [0.1, 0.15) is 18.1 Å². The predicted octanol–water partition coefficient (Wildman–Crippen LogP) is 0.705. The summed E-state index contributed by atoms with van der Waals surface area (Å²) in [5, 5.41) is 16.0. The van der Waals surface area contributed by atoms with E-state index < -0.39 is 47.9 Å². The van der Waals surface area contributed by atoms with Gasteiger partial charge in [-0.25, -0.2) is 9.78 Å². The number of amides is 3. The number of nitrogens with one attached hydrogen (secondary N) is 4. The number of carboxylic acid groups (broad SMARTS) is 1. The maximum Gasteiger partial charge on any atom is 0.326 e. The van der Waals surface area contributed by atoms with Gasteiger partial charge in [-0.3, -0.25) is 14.4 Å². The molecular weight excluding hydrogens is 502 g/mol. The lowest BCUT2D eigenvalue weighted by atomic mass is 10.0. The van der Waals surface area contributed by atoms with E-state index in [0.717, 1.165) is 16.5 Å². The van der Waals surface area contributed by atoms with E-state index >= 15 is 0 Å². The molecule has 0 spiro atoms. The number of likely N-dealkylation sites (tertiary alicyclic amines) is 1. The summed E-state index contributed by atoms with van der Waals surface area (Å²) in [5.41, 5.74) is 8.37. The summed E-state index contributed by atoms with van der Waals surface area (Å²) in [4.78, 5) is 63.2. The molecule has 0 bridgehead atoms. The van der Waals surface area contributed by atoms with Gasteiger partial charge < -0.3 is 36.3 Å². The molecule has 0 aliphatic carbocycles. The van der Waals surface area contributed by atoms with Gasteiger partial charge in [0.25, 0.3) is 0 Å². The van der Waals surface area contributed by atoms with Crippen LogP contribution in [-0.4, -0.2) is 79.4 Å². The van der Waals surface area contributed by atoms with Crippen LogP contribution in [0.5, 0.6) is 0 Å². The number of hydrogen-bond acceptors (Lipinski definition) is 6. The Kier molecular flexibility index (Phi) is 8.65. The van der Waals surface area contributed by atoms with Crippen molar-refractivity contribution in [3.63, 3.8) is 0 Å². The van der Waals surface area contributed by atoms with Crippen molar-refractivity contribution in [1.82, 2.24) is 30.5 Å². The number of fused-ring (bicyclic) bond motifs is 1. The molecule has 1 saturated heterocycles. The van der Waals surface area contributed by atoms with Gasteiger partial charge in [-0.05, 0) is 30.4 Å². The molecule has 1 aliphatic heterocycles. The summed E-state index contributed by atoms with van der Waals surface area (Å²) >= 11 is 0. The quantitative estimate of drug-likeness (QED) is 0.208. The van der Waals surface area contributed by atoms with Gasteiger partial charge in [0.2, 0.25) is 17.7 Å². The van der Waals surface area contributed by atoms with Crippen molar-refractivity contribution in [3.8, 4) is 0 Å². The highest BCUT2D eigenvalue weighted by molar-refractivity contribution is 5.95. The Morgan fingerprint density at radius 1 is 1.13 bits per heavy atom. The molecular formula is C27H35N7O5. The highest BCUT2D eigenvalue weighted by atomic mass is 16.4. The summed E-state index contributed by atoms with van der Waals surface area (Å²) in [6.07, 6.45) is 5.90.